The summed E-state index contributed by atoms with van der Waals surface area (Å²) in [6, 6.07) is 0.141. The van der Waals surface area contributed by atoms with Gasteiger partial charge in [0.25, 0.3) is 0 Å². The van der Waals surface area contributed by atoms with Crippen LogP contribution in [-0.4, -0.2) is 29.8 Å². The number of rotatable bonds is 4. The highest BCUT2D eigenvalue weighted by Crippen LogP contribution is 2.58. The van der Waals surface area contributed by atoms with E-state index >= 15 is 0 Å². The Bertz CT molecular complexity index is 338. The minimum absolute atomic E-state index is 0.141. The van der Waals surface area contributed by atoms with E-state index in [1.54, 1.807) is 0 Å². The Hall–Kier alpha value is -1.52. The molecule has 0 aromatic carbocycles. The van der Waals surface area contributed by atoms with Crippen LogP contribution in [-0.2, 0) is 9.53 Å². The fraction of sp³-hybridized carbons (Fsp3) is 0.667. The molecule has 2 rings (SSSR count). The van der Waals surface area contributed by atoms with E-state index in [1.165, 1.54) is 6.08 Å². The van der Waals surface area contributed by atoms with Gasteiger partial charge in [-0.15, -0.1) is 0 Å². The van der Waals surface area contributed by atoms with E-state index in [1.807, 2.05) is 0 Å². The number of amides is 1. The molecule has 1 amide bonds. The molecule has 0 heterocycles. The number of carbonyl (C=O) groups is 2. The quantitative estimate of drug-likeness (QED) is 0.730. The molecule has 0 aromatic rings. The molecule has 0 bridgehead atoms. The molecular formula is C12H17NO4. The summed E-state index contributed by atoms with van der Waals surface area (Å²) in [6.07, 6.45) is 4.36. The zero-order valence-corrected chi connectivity index (χ0v) is 9.65. The second-order valence-corrected chi connectivity index (χ2v) is 5.08. The number of carbonyl (C=O) groups excluding carboxylic acids is 1. The number of carboxylic acids is 1. The molecule has 94 valence electrons. The van der Waals surface area contributed by atoms with Crippen molar-refractivity contribution in [2.45, 2.75) is 31.7 Å². The minimum Gasteiger partial charge on any atom is -0.481 e. The number of hydrogen-bond acceptors (Lipinski definition) is 3. The molecule has 2 fully saturated rings. The number of nitrogens with one attached hydrogen (secondary N) is 1. The van der Waals surface area contributed by atoms with Gasteiger partial charge in [-0.05, 0) is 31.1 Å². The van der Waals surface area contributed by atoms with Crippen LogP contribution in [0, 0.1) is 11.3 Å². The van der Waals surface area contributed by atoms with Crippen LogP contribution < -0.4 is 5.32 Å². The summed E-state index contributed by atoms with van der Waals surface area (Å²) in [5, 5.41) is 11.6. The van der Waals surface area contributed by atoms with Gasteiger partial charge in [0.2, 0.25) is 0 Å². The van der Waals surface area contributed by atoms with Crippen molar-refractivity contribution in [3.63, 3.8) is 0 Å². The second-order valence-electron chi connectivity index (χ2n) is 5.08. The zero-order valence-electron chi connectivity index (χ0n) is 9.65. The molecule has 2 aliphatic rings. The molecule has 5 nitrogen and oxygen atoms in total. The lowest BCUT2D eigenvalue weighted by molar-refractivity contribution is -0.155. The Morgan fingerprint density at radius 1 is 1.41 bits per heavy atom. The van der Waals surface area contributed by atoms with Crippen molar-refractivity contribution in [3.05, 3.63) is 12.7 Å². The third-order valence-corrected chi connectivity index (χ3v) is 3.72. The van der Waals surface area contributed by atoms with Crippen LogP contribution in [0.5, 0.6) is 0 Å². The van der Waals surface area contributed by atoms with Gasteiger partial charge in [-0.2, -0.15) is 0 Å². The predicted octanol–water partition coefficient (Wildman–Crippen LogP) is 1.54. The van der Waals surface area contributed by atoms with Gasteiger partial charge in [0.05, 0.1) is 5.92 Å². The molecule has 0 aliphatic heterocycles. The first kappa shape index (κ1) is 12.0. The standard InChI is InChI=1S/C12H17NO4/c1-2-3-17-11(16)13-9-6-12(7-9)4-8(5-12)10(14)15/h2,8-9H,1,3-7H2,(H,13,16)(H,14,15). The lowest BCUT2D eigenvalue weighted by atomic mass is 9.50. The molecule has 0 aromatic heterocycles. The molecule has 2 saturated carbocycles. The fourth-order valence-electron chi connectivity index (χ4n) is 2.92. The predicted molar refractivity (Wildman–Crippen MR) is 60.5 cm³/mol. The average molecular weight is 239 g/mol. The van der Waals surface area contributed by atoms with E-state index in [-0.39, 0.29) is 24.0 Å². The molecule has 1 spiro atoms. The van der Waals surface area contributed by atoms with E-state index < -0.39 is 12.1 Å². The summed E-state index contributed by atoms with van der Waals surface area (Å²) < 4.78 is 4.81. The van der Waals surface area contributed by atoms with E-state index in [0.29, 0.717) is 0 Å². The molecule has 2 aliphatic carbocycles. The first-order valence-corrected chi connectivity index (χ1v) is 5.82. The molecule has 0 unspecified atom stereocenters. The highest BCUT2D eigenvalue weighted by molar-refractivity contribution is 5.72. The minimum atomic E-state index is -0.697. The number of hydrogen-bond donors (Lipinski definition) is 2. The summed E-state index contributed by atoms with van der Waals surface area (Å²) in [4.78, 5) is 21.9. The van der Waals surface area contributed by atoms with Crippen LogP contribution in [0.25, 0.3) is 0 Å². The molecule has 17 heavy (non-hydrogen) atoms. The Labute approximate surface area is 99.8 Å². The lowest BCUT2D eigenvalue weighted by Gasteiger charge is -2.56. The van der Waals surface area contributed by atoms with E-state index in [0.717, 1.165) is 25.7 Å². The fourth-order valence-corrected chi connectivity index (χ4v) is 2.92. The topological polar surface area (TPSA) is 75.6 Å². The molecule has 2 N–H and O–H groups in total. The first-order chi connectivity index (χ1) is 8.04. The van der Waals surface area contributed by atoms with Gasteiger partial charge in [0, 0.05) is 6.04 Å². The van der Waals surface area contributed by atoms with Crippen LogP contribution >= 0.6 is 0 Å². The van der Waals surface area contributed by atoms with Gasteiger partial charge in [0.15, 0.2) is 0 Å². The Morgan fingerprint density at radius 3 is 2.59 bits per heavy atom. The third kappa shape index (κ3) is 2.43. The molecule has 0 radical (unpaired) electrons. The maximum Gasteiger partial charge on any atom is 0.407 e. The molecule has 0 atom stereocenters. The maximum atomic E-state index is 11.2. The van der Waals surface area contributed by atoms with E-state index in [9.17, 15) is 9.59 Å². The van der Waals surface area contributed by atoms with Crippen molar-refractivity contribution in [1.82, 2.24) is 5.32 Å². The van der Waals surface area contributed by atoms with E-state index in [2.05, 4.69) is 11.9 Å². The van der Waals surface area contributed by atoms with Gasteiger partial charge in [-0.25, -0.2) is 4.79 Å². The van der Waals surface area contributed by atoms with Crippen molar-refractivity contribution in [2.24, 2.45) is 11.3 Å². The summed E-state index contributed by atoms with van der Waals surface area (Å²) in [5.41, 5.74) is 0.180. The van der Waals surface area contributed by atoms with Crippen molar-refractivity contribution in [1.29, 1.82) is 0 Å². The Morgan fingerprint density at radius 2 is 2.06 bits per heavy atom. The second kappa shape index (κ2) is 4.39. The van der Waals surface area contributed by atoms with Crippen molar-refractivity contribution in [2.75, 3.05) is 6.61 Å². The van der Waals surface area contributed by atoms with Gasteiger partial charge in [0.1, 0.15) is 6.61 Å². The number of alkyl carbamates (subject to hydrolysis) is 1. The van der Waals surface area contributed by atoms with Crippen molar-refractivity contribution >= 4 is 12.1 Å². The van der Waals surface area contributed by atoms with Gasteiger partial charge < -0.3 is 15.2 Å². The molecular weight excluding hydrogens is 222 g/mol. The van der Waals surface area contributed by atoms with Gasteiger partial charge in [-0.3, -0.25) is 4.79 Å². The van der Waals surface area contributed by atoms with Crippen LogP contribution in [0.3, 0.4) is 0 Å². The van der Waals surface area contributed by atoms with Crippen molar-refractivity contribution < 1.29 is 19.4 Å². The van der Waals surface area contributed by atoms with Crippen molar-refractivity contribution in [3.8, 4) is 0 Å². The largest absolute Gasteiger partial charge is 0.481 e. The Kier molecular flexibility index (Phi) is 3.09. The van der Waals surface area contributed by atoms with Crippen LogP contribution in [0.15, 0.2) is 12.7 Å². The summed E-state index contributed by atoms with van der Waals surface area (Å²) in [5.74, 6) is -0.874. The zero-order chi connectivity index (χ0) is 12.5. The smallest absolute Gasteiger partial charge is 0.407 e. The molecule has 5 heteroatoms. The van der Waals surface area contributed by atoms with Crippen LogP contribution in [0.4, 0.5) is 4.79 Å². The number of ether oxygens (including phenoxy) is 1. The number of aliphatic carboxylic acids is 1. The SMILES string of the molecule is C=CCOC(=O)NC1CC2(C1)CC(C(=O)O)C2. The lowest BCUT2D eigenvalue weighted by Crippen LogP contribution is -2.57. The highest BCUT2D eigenvalue weighted by Gasteiger charge is 2.55. The van der Waals surface area contributed by atoms with Crippen LogP contribution in [0.1, 0.15) is 25.7 Å². The van der Waals surface area contributed by atoms with Crippen LogP contribution in [0.2, 0.25) is 0 Å². The third-order valence-electron chi connectivity index (χ3n) is 3.72. The van der Waals surface area contributed by atoms with Gasteiger partial charge >= 0.3 is 12.1 Å². The normalized spacial score (nSPS) is 34.4. The average Bonchev–Trinajstić information content (AvgIpc) is 2.15. The summed E-state index contributed by atoms with van der Waals surface area (Å²) >= 11 is 0. The first-order valence-electron chi connectivity index (χ1n) is 5.82. The summed E-state index contributed by atoms with van der Waals surface area (Å²) in [7, 11) is 0. The monoisotopic (exact) mass is 239 g/mol. The summed E-state index contributed by atoms with van der Waals surface area (Å²) in [6.45, 7) is 3.67. The maximum absolute atomic E-state index is 11.2. The van der Waals surface area contributed by atoms with E-state index in [4.69, 9.17) is 9.84 Å². The molecule has 0 saturated heterocycles. The number of carboxylic acid groups (broad SMARTS) is 1. The Balaban J connectivity index is 1.65. The highest BCUT2D eigenvalue weighted by atomic mass is 16.5. The van der Waals surface area contributed by atoms with Gasteiger partial charge in [-0.1, -0.05) is 12.7 Å².